The molecule has 5 aromatic rings. The lowest BCUT2D eigenvalue weighted by Crippen LogP contribution is -2.22. The van der Waals surface area contributed by atoms with Gasteiger partial charge in [-0.3, -0.25) is 9.48 Å². The van der Waals surface area contributed by atoms with Gasteiger partial charge in [-0.1, -0.05) is 23.3 Å². The van der Waals surface area contributed by atoms with Crippen molar-refractivity contribution < 1.29 is 4.79 Å². The summed E-state index contributed by atoms with van der Waals surface area (Å²) in [6.07, 6.45) is 12.9. The van der Waals surface area contributed by atoms with Crippen molar-refractivity contribution in [3.05, 3.63) is 94.7 Å². The molecule has 0 aliphatic rings. The Morgan fingerprint density at radius 1 is 1.15 bits per heavy atom. The molecule has 0 bridgehead atoms. The summed E-state index contributed by atoms with van der Waals surface area (Å²) in [6.45, 7) is 4.90. The zero-order chi connectivity index (χ0) is 22.9. The van der Waals surface area contributed by atoms with Crippen molar-refractivity contribution in [1.82, 2.24) is 33.9 Å². The van der Waals surface area contributed by atoms with Gasteiger partial charge in [-0.2, -0.15) is 5.10 Å². The molecule has 0 aromatic carbocycles. The highest BCUT2D eigenvalue weighted by molar-refractivity contribution is 6.30. The van der Waals surface area contributed by atoms with Crippen molar-refractivity contribution in [2.24, 2.45) is 0 Å². The molecule has 5 rings (SSSR count). The summed E-state index contributed by atoms with van der Waals surface area (Å²) in [4.78, 5) is 21.7. The molecule has 0 aliphatic heterocycles. The molecule has 0 radical (unpaired) electrons. The maximum absolute atomic E-state index is 12.6. The predicted molar refractivity (Wildman–Crippen MR) is 127 cm³/mol. The lowest BCUT2D eigenvalue weighted by Gasteiger charge is -2.02. The maximum atomic E-state index is 12.6. The van der Waals surface area contributed by atoms with E-state index >= 15 is 0 Å². The molecule has 0 spiro atoms. The molecule has 5 heterocycles. The van der Waals surface area contributed by atoms with Gasteiger partial charge in [-0.15, -0.1) is 0 Å². The number of allylic oxidation sites excluding steroid dienone is 1. The smallest absolute Gasteiger partial charge is 0.254 e. The van der Waals surface area contributed by atoms with Crippen molar-refractivity contribution >= 4 is 34.7 Å². The number of rotatable bonds is 6. The van der Waals surface area contributed by atoms with Gasteiger partial charge in [0, 0.05) is 29.8 Å². The molecule has 166 valence electrons. The van der Waals surface area contributed by atoms with Gasteiger partial charge >= 0.3 is 0 Å². The number of amides is 1. The van der Waals surface area contributed by atoms with E-state index in [2.05, 4.69) is 46.4 Å². The van der Waals surface area contributed by atoms with Gasteiger partial charge in [0.05, 0.1) is 48.1 Å². The Balaban J connectivity index is 1.26. The number of imidazole rings is 2. The highest BCUT2D eigenvalue weighted by Gasteiger charge is 2.12. The number of carbonyl (C=O) groups is 1. The summed E-state index contributed by atoms with van der Waals surface area (Å²) >= 11 is 6.08. The Kier molecular flexibility index (Phi) is 5.43. The van der Waals surface area contributed by atoms with Gasteiger partial charge in [0.15, 0.2) is 0 Å². The van der Waals surface area contributed by atoms with Gasteiger partial charge in [0.25, 0.3) is 5.91 Å². The lowest BCUT2D eigenvalue weighted by molar-refractivity contribution is 0.0950. The fourth-order valence-corrected chi connectivity index (χ4v) is 3.86. The molecule has 0 fully saturated rings. The summed E-state index contributed by atoms with van der Waals surface area (Å²) in [6, 6.07) is 7.72. The van der Waals surface area contributed by atoms with Crippen LogP contribution in [-0.2, 0) is 13.1 Å². The van der Waals surface area contributed by atoms with Crippen molar-refractivity contribution in [2.45, 2.75) is 26.9 Å². The molecule has 0 atom stereocenters. The Morgan fingerprint density at radius 3 is 2.85 bits per heavy atom. The zero-order valence-corrected chi connectivity index (χ0v) is 19.0. The van der Waals surface area contributed by atoms with E-state index in [0.29, 0.717) is 23.7 Å². The van der Waals surface area contributed by atoms with Crippen LogP contribution in [-0.4, -0.2) is 34.5 Å². The first-order valence-electron chi connectivity index (χ1n) is 10.5. The standard InChI is InChI=1S/C24H22ClN7O/c1-16(2)7-17-3-5-30-13-20(29-23(30)8-17)14-32-12-18(10-28-32)24(33)26-11-21-22-9-19(25)4-6-31(22)15-27-21/h3-10,12-13,15H,11,14H2,1-2H3,(H,26,33). The third-order valence-electron chi connectivity index (χ3n) is 5.21. The Hall–Kier alpha value is -3.91. The third-order valence-corrected chi connectivity index (χ3v) is 5.44. The number of halogens is 1. The number of carbonyl (C=O) groups excluding carboxylic acids is 1. The van der Waals surface area contributed by atoms with Gasteiger partial charge in [-0.25, -0.2) is 9.97 Å². The summed E-state index contributed by atoms with van der Waals surface area (Å²) in [5.74, 6) is -0.217. The fraction of sp³-hybridized carbons (Fsp3) is 0.167. The minimum absolute atomic E-state index is 0.217. The van der Waals surface area contributed by atoms with Gasteiger partial charge in [0.1, 0.15) is 5.65 Å². The van der Waals surface area contributed by atoms with Crippen LogP contribution in [0.3, 0.4) is 0 Å². The number of pyridine rings is 2. The van der Waals surface area contributed by atoms with Crippen LogP contribution in [0.5, 0.6) is 0 Å². The molecule has 1 amide bonds. The molecular weight excluding hydrogens is 438 g/mol. The van der Waals surface area contributed by atoms with Crippen LogP contribution in [0.25, 0.3) is 17.2 Å². The average molecular weight is 460 g/mol. The van der Waals surface area contributed by atoms with E-state index < -0.39 is 0 Å². The largest absolute Gasteiger partial charge is 0.346 e. The van der Waals surface area contributed by atoms with Crippen LogP contribution >= 0.6 is 11.6 Å². The second-order valence-electron chi connectivity index (χ2n) is 8.12. The summed E-state index contributed by atoms with van der Waals surface area (Å²) in [5.41, 5.74) is 6.17. The minimum atomic E-state index is -0.217. The van der Waals surface area contributed by atoms with Crippen LogP contribution in [0.2, 0.25) is 5.02 Å². The van der Waals surface area contributed by atoms with Crippen LogP contribution in [0, 0.1) is 0 Å². The van der Waals surface area contributed by atoms with E-state index in [0.717, 1.165) is 28.1 Å². The molecule has 0 unspecified atom stereocenters. The van der Waals surface area contributed by atoms with E-state index in [9.17, 15) is 4.79 Å². The molecule has 0 saturated heterocycles. The SMILES string of the molecule is CC(C)=Cc1ccn2cc(Cn3cc(C(=O)NCc4ncn5ccc(Cl)cc45)cn3)nc2c1. The number of fused-ring (bicyclic) bond motifs is 2. The fourth-order valence-electron chi connectivity index (χ4n) is 3.70. The number of hydrogen-bond donors (Lipinski definition) is 1. The van der Waals surface area contributed by atoms with E-state index in [1.54, 1.807) is 29.5 Å². The maximum Gasteiger partial charge on any atom is 0.254 e. The zero-order valence-electron chi connectivity index (χ0n) is 18.2. The average Bonchev–Trinajstić information content (AvgIpc) is 3.49. The van der Waals surface area contributed by atoms with Gasteiger partial charge < -0.3 is 14.1 Å². The first-order chi connectivity index (χ1) is 15.9. The lowest BCUT2D eigenvalue weighted by atomic mass is 10.2. The van der Waals surface area contributed by atoms with Crippen LogP contribution in [0.4, 0.5) is 0 Å². The highest BCUT2D eigenvalue weighted by atomic mass is 35.5. The van der Waals surface area contributed by atoms with Crippen molar-refractivity contribution in [3.63, 3.8) is 0 Å². The molecule has 1 N–H and O–H groups in total. The topological polar surface area (TPSA) is 81.5 Å². The first kappa shape index (κ1) is 21.0. The van der Waals surface area contributed by atoms with Crippen LogP contribution in [0.1, 0.15) is 41.2 Å². The van der Waals surface area contributed by atoms with E-state index in [4.69, 9.17) is 11.6 Å². The molecule has 0 aliphatic carbocycles. The second-order valence-corrected chi connectivity index (χ2v) is 8.55. The summed E-state index contributed by atoms with van der Waals surface area (Å²) in [7, 11) is 0. The second kappa shape index (κ2) is 8.55. The number of aromatic nitrogens is 6. The highest BCUT2D eigenvalue weighted by Crippen LogP contribution is 2.16. The Labute approximate surface area is 195 Å². The molecular formula is C24H22ClN7O. The number of nitrogens with one attached hydrogen (secondary N) is 1. The summed E-state index contributed by atoms with van der Waals surface area (Å²) < 4.78 is 5.55. The minimum Gasteiger partial charge on any atom is -0.346 e. The van der Waals surface area contributed by atoms with Crippen molar-refractivity contribution in [2.75, 3.05) is 0 Å². The third kappa shape index (κ3) is 4.51. The van der Waals surface area contributed by atoms with Crippen molar-refractivity contribution in [3.8, 4) is 0 Å². The number of hydrogen-bond acceptors (Lipinski definition) is 4. The predicted octanol–water partition coefficient (Wildman–Crippen LogP) is 4.23. The molecule has 8 nitrogen and oxygen atoms in total. The molecule has 5 aromatic heterocycles. The monoisotopic (exact) mass is 459 g/mol. The summed E-state index contributed by atoms with van der Waals surface area (Å²) in [5, 5.41) is 7.85. The normalized spacial score (nSPS) is 11.2. The molecule has 0 saturated carbocycles. The van der Waals surface area contributed by atoms with Crippen LogP contribution in [0.15, 0.2) is 67.2 Å². The van der Waals surface area contributed by atoms with Gasteiger partial charge in [0.2, 0.25) is 0 Å². The quantitative estimate of drug-likeness (QED) is 0.412. The van der Waals surface area contributed by atoms with Crippen LogP contribution < -0.4 is 5.32 Å². The Morgan fingerprint density at radius 2 is 2.00 bits per heavy atom. The Bertz CT molecular complexity index is 1500. The molecule has 33 heavy (non-hydrogen) atoms. The van der Waals surface area contributed by atoms with E-state index in [1.165, 1.54) is 5.57 Å². The van der Waals surface area contributed by atoms with E-state index in [1.807, 2.05) is 39.5 Å². The first-order valence-corrected chi connectivity index (χ1v) is 10.9. The van der Waals surface area contributed by atoms with E-state index in [-0.39, 0.29) is 5.91 Å². The van der Waals surface area contributed by atoms with Gasteiger partial charge in [-0.05, 0) is 43.7 Å². The molecule has 9 heteroatoms. The number of nitrogens with zero attached hydrogens (tertiary/aromatic N) is 6. The van der Waals surface area contributed by atoms with Crippen molar-refractivity contribution in [1.29, 1.82) is 0 Å².